The highest BCUT2D eigenvalue weighted by Gasteiger charge is 2.40. The predicted octanol–water partition coefficient (Wildman–Crippen LogP) is 0.831. The predicted molar refractivity (Wildman–Crippen MR) is 64.3 cm³/mol. The molecule has 0 bridgehead atoms. The fourth-order valence-electron chi connectivity index (χ4n) is 3.86. The molecule has 3 aliphatic rings. The quantitative estimate of drug-likeness (QED) is 0.648. The minimum Gasteiger partial charge on any atom is -0.391 e. The third-order valence-corrected chi connectivity index (χ3v) is 4.83. The van der Waals surface area contributed by atoms with Gasteiger partial charge in [0.1, 0.15) is 0 Å². The van der Waals surface area contributed by atoms with E-state index in [4.69, 9.17) is 0 Å². The van der Waals surface area contributed by atoms with Crippen molar-refractivity contribution in [2.45, 2.75) is 44.2 Å². The maximum absolute atomic E-state index is 10.2. The Hall–Kier alpha value is -0.120. The van der Waals surface area contributed by atoms with Crippen LogP contribution in [0.1, 0.15) is 32.1 Å². The highest BCUT2D eigenvalue weighted by Crippen LogP contribution is 2.32. The van der Waals surface area contributed by atoms with E-state index in [1.165, 1.54) is 51.9 Å². The van der Waals surface area contributed by atoms with E-state index in [1.54, 1.807) is 0 Å². The number of nitrogens with zero attached hydrogens (tertiary/aromatic N) is 1. The Kier molecular flexibility index (Phi) is 3.18. The van der Waals surface area contributed by atoms with E-state index < -0.39 is 0 Å². The third-order valence-electron chi connectivity index (χ3n) is 4.83. The summed E-state index contributed by atoms with van der Waals surface area (Å²) in [5.74, 6) is 1.71. The highest BCUT2D eigenvalue weighted by molar-refractivity contribution is 4.95. The summed E-state index contributed by atoms with van der Waals surface area (Å²) in [5, 5.41) is 13.7. The van der Waals surface area contributed by atoms with E-state index in [1.807, 2.05) is 0 Å². The second-order valence-corrected chi connectivity index (χ2v) is 5.91. The van der Waals surface area contributed by atoms with Gasteiger partial charge in [0.25, 0.3) is 0 Å². The first-order valence-electron chi connectivity index (χ1n) is 6.97. The van der Waals surface area contributed by atoms with Gasteiger partial charge in [-0.1, -0.05) is 19.3 Å². The van der Waals surface area contributed by atoms with E-state index in [0.29, 0.717) is 6.04 Å². The van der Waals surface area contributed by atoms with Crippen molar-refractivity contribution in [3.63, 3.8) is 0 Å². The molecule has 1 saturated carbocycles. The number of hydrogen-bond donors (Lipinski definition) is 2. The zero-order valence-electron chi connectivity index (χ0n) is 10.1. The molecule has 3 rings (SSSR count). The van der Waals surface area contributed by atoms with Crippen molar-refractivity contribution in [2.24, 2.45) is 11.8 Å². The number of rotatable bonds is 1. The maximum atomic E-state index is 10.2. The Bertz CT molecular complexity index is 234. The Morgan fingerprint density at radius 2 is 1.62 bits per heavy atom. The first-order valence-corrected chi connectivity index (χ1v) is 6.97. The van der Waals surface area contributed by atoms with Crippen molar-refractivity contribution in [2.75, 3.05) is 26.2 Å². The van der Waals surface area contributed by atoms with Crippen molar-refractivity contribution >= 4 is 0 Å². The van der Waals surface area contributed by atoms with Crippen LogP contribution in [0.2, 0.25) is 0 Å². The zero-order chi connectivity index (χ0) is 11.0. The molecule has 4 atom stereocenters. The maximum Gasteiger partial charge on any atom is 0.0695 e. The van der Waals surface area contributed by atoms with Gasteiger partial charge >= 0.3 is 0 Å². The molecule has 2 saturated heterocycles. The normalized spacial score (nSPS) is 45.6. The standard InChI is InChI=1S/C13H24N2O/c16-13-5-3-1-2-4-12(13)15-8-10-6-14-7-11(10)9-15/h10-14,16H,1-9H2/t10-,11+,12?,13?. The Morgan fingerprint density at radius 3 is 2.38 bits per heavy atom. The molecular formula is C13H24N2O. The molecule has 2 aliphatic heterocycles. The molecule has 0 aromatic heterocycles. The molecule has 3 heteroatoms. The molecule has 0 aromatic rings. The van der Waals surface area contributed by atoms with Crippen molar-refractivity contribution < 1.29 is 5.11 Å². The second kappa shape index (κ2) is 4.63. The average molecular weight is 224 g/mol. The first-order chi connectivity index (χ1) is 7.84. The van der Waals surface area contributed by atoms with Crippen molar-refractivity contribution in [3.05, 3.63) is 0 Å². The summed E-state index contributed by atoms with van der Waals surface area (Å²) in [7, 11) is 0. The van der Waals surface area contributed by atoms with Crippen molar-refractivity contribution in [1.29, 1.82) is 0 Å². The molecule has 0 radical (unpaired) electrons. The van der Waals surface area contributed by atoms with Crippen LogP contribution in [0.3, 0.4) is 0 Å². The minimum absolute atomic E-state index is 0.0608. The molecule has 2 heterocycles. The topological polar surface area (TPSA) is 35.5 Å². The van der Waals surface area contributed by atoms with Crippen molar-refractivity contribution in [3.8, 4) is 0 Å². The number of aliphatic hydroxyl groups is 1. The van der Waals surface area contributed by atoms with Crippen LogP contribution in [0.25, 0.3) is 0 Å². The molecule has 92 valence electrons. The van der Waals surface area contributed by atoms with Gasteiger partial charge in [-0.25, -0.2) is 0 Å². The Morgan fingerprint density at radius 1 is 0.938 bits per heavy atom. The fraction of sp³-hybridized carbons (Fsp3) is 1.00. The van der Waals surface area contributed by atoms with E-state index in [9.17, 15) is 5.11 Å². The summed E-state index contributed by atoms with van der Waals surface area (Å²) in [6.07, 6.45) is 6.03. The van der Waals surface area contributed by atoms with Gasteiger partial charge in [-0.2, -0.15) is 0 Å². The van der Waals surface area contributed by atoms with Crippen molar-refractivity contribution in [1.82, 2.24) is 10.2 Å². The van der Waals surface area contributed by atoms with Crippen LogP contribution in [-0.2, 0) is 0 Å². The van der Waals surface area contributed by atoms with Crippen LogP contribution in [0.4, 0.5) is 0 Å². The van der Waals surface area contributed by atoms with Gasteiger partial charge in [0.2, 0.25) is 0 Å². The SMILES string of the molecule is OC1CCCCCC1N1C[C@H]2CNC[C@H]2C1. The first kappa shape index (κ1) is 11.0. The summed E-state index contributed by atoms with van der Waals surface area (Å²) in [6, 6.07) is 0.466. The van der Waals surface area contributed by atoms with E-state index >= 15 is 0 Å². The molecule has 3 fully saturated rings. The summed E-state index contributed by atoms with van der Waals surface area (Å²) in [4.78, 5) is 2.59. The summed E-state index contributed by atoms with van der Waals surface area (Å²) < 4.78 is 0. The molecule has 0 aromatic carbocycles. The molecule has 0 spiro atoms. The van der Waals surface area contributed by atoms with Crippen LogP contribution in [0, 0.1) is 11.8 Å². The lowest BCUT2D eigenvalue weighted by Crippen LogP contribution is -2.43. The van der Waals surface area contributed by atoms with Crippen LogP contribution in [-0.4, -0.2) is 48.3 Å². The van der Waals surface area contributed by atoms with E-state index in [-0.39, 0.29) is 6.10 Å². The lowest BCUT2D eigenvalue weighted by Gasteiger charge is -2.31. The molecule has 16 heavy (non-hydrogen) atoms. The highest BCUT2D eigenvalue weighted by atomic mass is 16.3. The second-order valence-electron chi connectivity index (χ2n) is 5.91. The largest absolute Gasteiger partial charge is 0.391 e. The van der Waals surface area contributed by atoms with Gasteiger partial charge in [0, 0.05) is 19.1 Å². The monoisotopic (exact) mass is 224 g/mol. The Labute approximate surface area is 98.2 Å². The Balaban J connectivity index is 1.63. The number of nitrogens with one attached hydrogen (secondary N) is 1. The van der Waals surface area contributed by atoms with Crippen LogP contribution >= 0.6 is 0 Å². The molecular weight excluding hydrogens is 200 g/mol. The van der Waals surface area contributed by atoms with Crippen LogP contribution in [0.15, 0.2) is 0 Å². The number of fused-ring (bicyclic) bond motifs is 1. The lowest BCUT2D eigenvalue weighted by atomic mass is 10.0. The van der Waals surface area contributed by atoms with E-state index in [0.717, 1.165) is 18.3 Å². The number of likely N-dealkylation sites (tertiary alicyclic amines) is 1. The van der Waals surface area contributed by atoms with Crippen LogP contribution < -0.4 is 5.32 Å². The lowest BCUT2D eigenvalue weighted by molar-refractivity contribution is 0.0530. The smallest absolute Gasteiger partial charge is 0.0695 e. The molecule has 1 aliphatic carbocycles. The molecule has 3 nitrogen and oxygen atoms in total. The minimum atomic E-state index is -0.0608. The zero-order valence-corrected chi connectivity index (χ0v) is 10.1. The summed E-state index contributed by atoms with van der Waals surface area (Å²) in [6.45, 7) is 4.84. The van der Waals surface area contributed by atoms with E-state index in [2.05, 4.69) is 10.2 Å². The van der Waals surface area contributed by atoms with Gasteiger partial charge in [-0.3, -0.25) is 4.90 Å². The number of hydrogen-bond acceptors (Lipinski definition) is 3. The molecule has 0 amide bonds. The summed E-state index contributed by atoms with van der Waals surface area (Å²) in [5.41, 5.74) is 0. The van der Waals surface area contributed by atoms with Gasteiger partial charge in [-0.05, 0) is 37.8 Å². The number of aliphatic hydroxyl groups excluding tert-OH is 1. The van der Waals surface area contributed by atoms with Crippen LogP contribution in [0.5, 0.6) is 0 Å². The van der Waals surface area contributed by atoms with Gasteiger partial charge in [-0.15, -0.1) is 0 Å². The molecule has 2 unspecified atom stereocenters. The van der Waals surface area contributed by atoms with Gasteiger partial charge in [0.15, 0.2) is 0 Å². The van der Waals surface area contributed by atoms with Gasteiger partial charge < -0.3 is 10.4 Å². The average Bonchev–Trinajstić information content (AvgIpc) is 2.77. The molecule has 2 N–H and O–H groups in total. The fourth-order valence-corrected chi connectivity index (χ4v) is 3.86. The summed E-state index contributed by atoms with van der Waals surface area (Å²) >= 11 is 0. The third kappa shape index (κ3) is 2.01. The van der Waals surface area contributed by atoms with Gasteiger partial charge in [0.05, 0.1) is 6.10 Å².